The van der Waals surface area contributed by atoms with Gasteiger partial charge in [0.2, 0.25) is 0 Å². The molecule has 21 heavy (non-hydrogen) atoms. The third-order valence-corrected chi connectivity index (χ3v) is 2.99. The highest BCUT2D eigenvalue weighted by Crippen LogP contribution is 2.24. The number of nitrogen functional groups attached to an aromatic ring is 1. The van der Waals surface area contributed by atoms with Gasteiger partial charge >= 0.3 is 0 Å². The van der Waals surface area contributed by atoms with Crippen LogP contribution in [0.2, 0.25) is 0 Å². The number of benzene rings is 1. The van der Waals surface area contributed by atoms with Gasteiger partial charge in [-0.05, 0) is 12.1 Å². The van der Waals surface area contributed by atoms with Crippen LogP contribution in [0.4, 0.5) is 11.4 Å². The summed E-state index contributed by atoms with van der Waals surface area (Å²) in [7, 11) is 0. The van der Waals surface area contributed by atoms with E-state index < -0.39 is 10.8 Å². The largest absolute Gasteiger partial charge is 0.376 e. The smallest absolute Gasteiger partial charge is 0.294 e. The fourth-order valence-electron chi connectivity index (χ4n) is 1.91. The van der Waals surface area contributed by atoms with Crippen LogP contribution in [0.5, 0.6) is 0 Å². The fourth-order valence-corrected chi connectivity index (χ4v) is 1.91. The van der Waals surface area contributed by atoms with Crippen molar-refractivity contribution in [3.63, 3.8) is 0 Å². The third kappa shape index (κ3) is 3.88. The summed E-state index contributed by atoms with van der Waals surface area (Å²) in [6, 6.07) is 4.01. The summed E-state index contributed by atoms with van der Waals surface area (Å²) in [5, 5.41) is 13.6. The van der Waals surface area contributed by atoms with E-state index in [1.54, 1.807) is 0 Å². The minimum absolute atomic E-state index is 0.139. The number of rotatable bonds is 5. The Hall–Kier alpha value is -2.23. The van der Waals surface area contributed by atoms with E-state index in [1.165, 1.54) is 18.2 Å². The van der Waals surface area contributed by atoms with Crippen molar-refractivity contribution in [1.29, 1.82) is 0 Å². The van der Waals surface area contributed by atoms with E-state index in [9.17, 15) is 14.9 Å². The van der Waals surface area contributed by atoms with Crippen LogP contribution in [0.15, 0.2) is 18.2 Å². The van der Waals surface area contributed by atoms with Crippen molar-refractivity contribution in [2.45, 2.75) is 6.10 Å². The number of anilines is 1. The van der Waals surface area contributed by atoms with Gasteiger partial charge in [0.25, 0.3) is 11.6 Å². The Morgan fingerprint density at radius 2 is 2.29 bits per heavy atom. The summed E-state index contributed by atoms with van der Waals surface area (Å²) in [6.45, 7) is 1.73. The molecular formula is C12H16N4O5. The first-order valence-corrected chi connectivity index (χ1v) is 6.34. The molecule has 0 aromatic heterocycles. The van der Waals surface area contributed by atoms with Crippen LogP contribution in [0.3, 0.4) is 0 Å². The van der Waals surface area contributed by atoms with Crippen molar-refractivity contribution in [2.75, 3.05) is 31.8 Å². The first kappa shape index (κ1) is 15.2. The molecular weight excluding hydrogens is 280 g/mol. The maximum absolute atomic E-state index is 12.0. The van der Waals surface area contributed by atoms with Crippen LogP contribution in [-0.2, 0) is 9.47 Å². The summed E-state index contributed by atoms with van der Waals surface area (Å²) >= 11 is 0. The van der Waals surface area contributed by atoms with Gasteiger partial charge in [0.05, 0.1) is 30.8 Å². The third-order valence-electron chi connectivity index (χ3n) is 2.99. The molecule has 1 fully saturated rings. The van der Waals surface area contributed by atoms with Crippen molar-refractivity contribution in [3.8, 4) is 0 Å². The zero-order chi connectivity index (χ0) is 15.2. The second kappa shape index (κ2) is 6.97. The number of hydrogen-bond acceptors (Lipinski definition) is 7. The zero-order valence-corrected chi connectivity index (χ0v) is 11.2. The molecule has 1 saturated heterocycles. The quantitative estimate of drug-likeness (QED) is 0.397. The molecule has 1 aliphatic rings. The number of carbonyl (C=O) groups is 1. The van der Waals surface area contributed by atoms with Crippen molar-refractivity contribution in [3.05, 3.63) is 33.9 Å². The summed E-state index contributed by atoms with van der Waals surface area (Å²) in [5.74, 6) is 4.76. The first-order chi connectivity index (χ1) is 10.1. The molecule has 0 spiro atoms. The van der Waals surface area contributed by atoms with E-state index in [1.807, 2.05) is 0 Å². The maximum atomic E-state index is 12.0. The molecule has 1 aromatic carbocycles. The van der Waals surface area contributed by atoms with Crippen LogP contribution >= 0.6 is 0 Å². The first-order valence-electron chi connectivity index (χ1n) is 6.34. The molecule has 1 atom stereocenters. The Kier molecular flexibility index (Phi) is 5.04. The van der Waals surface area contributed by atoms with Crippen LogP contribution in [-0.4, -0.2) is 43.3 Å². The highest BCUT2D eigenvalue weighted by atomic mass is 16.6. The van der Waals surface area contributed by atoms with Crippen LogP contribution in [0.25, 0.3) is 0 Å². The summed E-state index contributed by atoms with van der Waals surface area (Å²) < 4.78 is 10.6. The zero-order valence-electron chi connectivity index (χ0n) is 11.2. The van der Waals surface area contributed by atoms with E-state index >= 15 is 0 Å². The number of hydrazine groups is 1. The fraction of sp³-hybridized carbons (Fsp3) is 0.417. The van der Waals surface area contributed by atoms with E-state index in [2.05, 4.69) is 10.7 Å². The monoisotopic (exact) mass is 296 g/mol. The Labute approximate surface area is 120 Å². The van der Waals surface area contributed by atoms with Gasteiger partial charge in [-0.25, -0.2) is 0 Å². The van der Waals surface area contributed by atoms with Gasteiger partial charge in [-0.2, -0.15) is 0 Å². The van der Waals surface area contributed by atoms with Crippen molar-refractivity contribution >= 4 is 17.3 Å². The summed E-state index contributed by atoms with van der Waals surface area (Å²) in [6.07, 6.45) is -0.206. The molecule has 1 aromatic rings. The average Bonchev–Trinajstić information content (AvgIpc) is 2.52. The number of hydrogen-bond donors (Lipinski definition) is 3. The van der Waals surface area contributed by atoms with Gasteiger partial charge in [-0.15, -0.1) is 0 Å². The van der Waals surface area contributed by atoms with E-state index in [0.29, 0.717) is 19.8 Å². The Balaban J connectivity index is 2.01. The van der Waals surface area contributed by atoms with Gasteiger partial charge in [-0.3, -0.25) is 20.8 Å². The van der Waals surface area contributed by atoms with Gasteiger partial charge < -0.3 is 20.2 Å². The van der Waals surface area contributed by atoms with Gasteiger partial charge in [0, 0.05) is 18.2 Å². The average molecular weight is 296 g/mol. The van der Waals surface area contributed by atoms with Crippen LogP contribution < -0.4 is 16.6 Å². The van der Waals surface area contributed by atoms with Crippen molar-refractivity contribution in [2.24, 2.45) is 5.84 Å². The van der Waals surface area contributed by atoms with Crippen LogP contribution in [0, 0.1) is 10.1 Å². The lowest BCUT2D eigenvalue weighted by molar-refractivity contribution is -0.384. The molecule has 1 heterocycles. The molecule has 9 nitrogen and oxygen atoms in total. The molecule has 1 amide bonds. The lowest BCUT2D eigenvalue weighted by atomic mass is 10.1. The molecule has 4 N–H and O–H groups in total. The molecule has 114 valence electrons. The number of nitrogens with zero attached hydrogens (tertiary/aromatic N) is 1. The maximum Gasteiger partial charge on any atom is 0.294 e. The van der Waals surface area contributed by atoms with Crippen molar-refractivity contribution < 1.29 is 19.2 Å². The standard InChI is InChI=1S/C12H16N4O5/c13-15-10-2-1-8(5-11(10)16(18)19)12(17)14-6-9-7-20-3-4-21-9/h1-2,5,9,15H,3-4,6-7,13H2,(H,14,17). The van der Waals surface area contributed by atoms with Crippen molar-refractivity contribution in [1.82, 2.24) is 5.32 Å². The second-order valence-corrected chi connectivity index (χ2v) is 4.41. The Bertz CT molecular complexity index is 530. The molecule has 0 bridgehead atoms. The van der Waals surface area contributed by atoms with E-state index in [4.69, 9.17) is 15.3 Å². The number of ether oxygens (including phenoxy) is 2. The Morgan fingerprint density at radius 3 is 2.90 bits per heavy atom. The molecule has 2 rings (SSSR count). The number of nitrogens with one attached hydrogen (secondary N) is 2. The highest BCUT2D eigenvalue weighted by molar-refractivity contribution is 5.95. The normalized spacial score (nSPS) is 18.0. The second-order valence-electron chi connectivity index (χ2n) is 4.41. The van der Waals surface area contributed by atoms with Gasteiger partial charge in [0.1, 0.15) is 5.69 Å². The lowest BCUT2D eigenvalue weighted by Crippen LogP contribution is -2.39. The van der Waals surface area contributed by atoms with E-state index in [0.717, 1.165) is 0 Å². The molecule has 1 unspecified atom stereocenters. The summed E-state index contributed by atoms with van der Waals surface area (Å²) in [5.41, 5.74) is 2.27. The highest BCUT2D eigenvalue weighted by Gasteiger charge is 2.19. The minimum atomic E-state index is -0.607. The molecule has 9 heteroatoms. The van der Waals surface area contributed by atoms with Gasteiger partial charge in [-0.1, -0.05) is 0 Å². The SMILES string of the molecule is NNc1ccc(C(=O)NCC2COCCO2)cc1[N+](=O)[O-]. The predicted octanol–water partition coefficient (Wildman–Crippen LogP) is 0.0256. The minimum Gasteiger partial charge on any atom is -0.376 e. The van der Waals surface area contributed by atoms with Crippen LogP contribution in [0.1, 0.15) is 10.4 Å². The Morgan fingerprint density at radius 1 is 1.48 bits per heavy atom. The molecule has 1 aliphatic heterocycles. The predicted molar refractivity (Wildman–Crippen MR) is 73.8 cm³/mol. The molecule has 0 aliphatic carbocycles. The van der Waals surface area contributed by atoms with Gasteiger partial charge in [0.15, 0.2) is 0 Å². The molecule has 0 radical (unpaired) electrons. The number of nitrogens with two attached hydrogens (primary N) is 1. The van der Waals surface area contributed by atoms with E-state index in [-0.39, 0.29) is 29.6 Å². The lowest BCUT2D eigenvalue weighted by Gasteiger charge is -2.23. The summed E-state index contributed by atoms with van der Waals surface area (Å²) in [4.78, 5) is 22.3. The molecule has 0 saturated carbocycles. The number of nitro benzene ring substituents is 1. The number of carbonyl (C=O) groups excluding carboxylic acids is 1. The number of amides is 1. The number of nitro groups is 1. The topological polar surface area (TPSA) is 129 Å².